The first-order valence-corrected chi connectivity index (χ1v) is 11.1. The van der Waals surface area contributed by atoms with Crippen LogP contribution in [0.25, 0.3) is 11.1 Å². The SMILES string of the molecule is CCn1c(SCC(=O)Nc2ccc(-c3ccccc3)cc2)nnc1N1CCOCC1. The Hall–Kier alpha value is -2.84. The normalized spacial score (nSPS) is 14.0. The molecule has 1 fully saturated rings. The van der Waals surface area contributed by atoms with Gasteiger partial charge >= 0.3 is 0 Å². The highest BCUT2D eigenvalue weighted by Gasteiger charge is 2.20. The molecule has 0 spiro atoms. The van der Waals surface area contributed by atoms with Crippen LogP contribution in [0.1, 0.15) is 6.92 Å². The summed E-state index contributed by atoms with van der Waals surface area (Å²) in [5, 5.41) is 12.4. The summed E-state index contributed by atoms with van der Waals surface area (Å²) in [6.07, 6.45) is 0. The van der Waals surface area contributed by atoms with Crippen molar-refractivity contribution in [2.75, 3.05) is 42.3 Å². The van der Waals surface area contributed by atoms with Gasteiger partial charge in [0.05, 0.1) is 19.0 Å². The Kier molecular flexibility index (Phi) is 6.66. The van der Waals surface area contributed by atoms with Crippen molar-refractivity contribution in [1.82, 2.24) is 14.8 Å². The van der Waals surface area contributed by atoms with Crippen LogP contribution in [0.5, 0.6) is 0 Å². The van der Waals surface area contributed by atoms with E-state index in [0.29, 0.717) is 13.2 Å². The molecule has 30 heavy (non-hydrogen) atoms. The highest BCUT2D eigenvalue weighted by molar-refractivity contribution is 7.99. The molecule has 0 unspecified atom stereocenters. The second-order valence-electron chi connectivity index (χ2n) is 6.91. The molecule has 2 heterocycles. The molecule has 2 aromatic carbocycles. The monoisotopic (exact) mass is 423 g/mol. The van der Waals surface area contributed by atoms with Crippen molar-refractivity contribution in [2.24, 2.45) is 0 Å². The highest BCUT2D eigenvalue weighted by atomic mass is 32.2. The summed E-state index contributed by atoms with van der Waals surface area (Å²) in [5.74, 6) is 1.06. The second kappa shape index (κ2) is 9.77. The summed E-state index contributed by atoms with van der Waals surface area (Å²) in [4.78, 5) is 14.6. The number of carbonyl (C=O) groups is 1. The molecular weight excluding hydrogens is 398 g/mol. The number of ether oxygens (including phenoxy) is 1. The van der Waals surface area contributed by atoms with Crippen molar-refractivity contribution in [3.63, 3.8) is 0 Å². The molecule has 1 N–H and O–H groups in total. The number of hydrogen-bond donors (Lipinski definition) is 1. The number of amides is 1. The summed E-state index contributed by atoms with van der Waals surface area (Å²) in [6.45, 7) is 5.83. The number of nitrogens with zero attached hydrogens (tertiary/aromatic N) is 4. The molecular formula is C22H25N5O2S. The van der Waals surface area contributed by atoms with E-state index < -0.39 is 0 Å². The summed E-state index contributed by atoms with van der Waals surface area (Å²) in [6, 6.07) is 18.0. The molecule has 0 saturated carbocycles. The largest absolute Gasteiger partial charge is 0.378 e. The van der Waals surface area contributed by atoms with E-state index in [1.54, 1.807) is 0 Å². The number of anilines is 2. The minimum atomic E-state index is -0.0639. The molecule has 1 aromatic heterocycles. The third kappa shape index (κ3) is 4.83. The quantitative estimate of drug-likeness (QED) is 0.586. The van der Waals surface area contributed by atoms with Crippen LogP contribution in [0.2, 0.25) is 0 Å². The van der Waals surface area contributed by atoms with Crippen LogP contribution in [0.15, 0.2) is 59.8 Å². The Morgan fingerprint density at radius 1 is 1.03 bits per heavy atom. The van der Waals surface area contributed by atoms with E-state index >= 15 is 0 Å². The Morgan fingerprint density at radius 3 is 2.43 bits per heavy atom. The molecule has 7 nitrogen and oxygen atoms in total. The molecule has 8 heteroatoms. The number of carbonyl (C=O) groups excluding carboxylic acids is 1. The van der Waals surface area contributed by atoms with Gasteiger partial charge in [-0.3, -0.25) is 9.36 Å². The first-order valence-electron chi connectivity index (χ1n) is 10.1. The first-order chi connectivity index (χ1) is 14.7. The lowest BCUT2D eigenvalue weighted by Crippen LogP contribution is -2.38. The Morgan fingerprint density at radius 2 is 1.73 bits per heavy atom. The van der Waals surface area contributed by atoms with E-state index in [0.717, 1.165) is 47.6 Å². The number of morpholine rings is 1. The molecule has 0 radical (unpaired) electrons. The number of hydrogen-bond acceptors (Lipinski definition) is 6. The fraction of sp³-hybridized carbons (Fsp3) is 0.318. The van der Waals surface area contributed by atoms with Gasteiger partial charge in [-0.05, 0) is 30.2 Å². The van der Waals surface area contributed by atoms with E-state index in [4.69, 9.17) is 4.74 Å². The Bertz CT molecular complexity index is 969. The van der Waals surface area contributed by atoms with Crippen LogP contribution in [-0.4, -0.2) is 52.7 Å². The van der Waals surface area contributed by atoms with Crippen molar-refractivity contribution in [3.8, 4) is 11.1 Å². The van der Waals surface area contributed by atoms with Gasteiger partial charge in [0, 0.05) is 25.3 Å². The molecule has 3 aromatic rings. The molecule has 0 aliphatic carbocycles. The Labute approximate surface area is 180 Å². The number of nitrogens with one attached hydrogen (secondary N) is 1. The lowest BCUT2D eigenvalue weighted by atomic mass is 10.1. The number of rotatable bonds is 7. The summed E-state index contributed by atoms with van der Waals surface area (Å²) >= 11 is 1.40. The zero-order chi connectivity index (χ0) is 20.8. The average molecular weight is 424 g/mol. The van der Waals surface area contributed by atoms with E-state index in [1.807, 2.05) is 42.5 Å². The van der Waals surface area contributed by atoms with E-state index in [1.165, 1.54) is 11.8 Å². The van der Waals surface area contributed by atoms with Crippen LogP contribution in [0, 0.1) is 0 Å². The molecule has 1 aliphatic heterocycles. The third-order valence-corrected chi connectivity index (χ3v) is 5.88. The van der Waals surface area contributed by atoms with Crippen LogP contribution >= 0.6 is 11.8 Å². The molecule has 0 atom stereocenters. The standard InChI is InChI=1S/C22H25N5O2S/c1-2-27-21(26-12-14-29-15-13-26)24-25-22(27)30-16-20(28)23-19-10-8-18(9-11-19)17-6-4-3-5-7-17/h3-11H,2,12-16H2,1H3,(H,23,28). The lowest BCUT2D eigenvalue weighted by molar-refractivity contribution is -0.113. The van der Waals surface area contributed by atoms with Gasteiger partial charge < -0.3 is 15.0 Å². The van der Waals surface area contributed by atoms with Crippen LogP contribution in [0.3, 0.4) is 0 Å². The highest BCUT2D eigenvalue weighted by Crippen LogP contribution is 2.24. The minimum absolute atomic E-state index is 0.0639. The maximum atomic E-state index is 12.4. The first kappa shape index (κ1) is 20.4. The molecule has 4 rings (SSSR count). The van der Waals surface area contributed by atoms with Gasteiger partial charge in [0.1, 0.15) is 0 Å². The van der Waals surface area contributed by atoms with Crippen LogP contribution < -0.4 is 10.2 Å². The van der Waals surface area contributed by atoms with Gasteiger partial charge in [0.25, 0.3) is 0 Å². The predicted octanol–water partition coefficient (Wildman–Crippen LogP) is 3.53. The van der Waals surface area contributed by atoms with Crippen molar-refractivity contribution in [3.05, 3.63) is 54.6 Å². The minimum Gasteiger partial charge on any atom is -0.378 e. The predicted molar refractivity (Wildman–Crippen MR) is 120 cm³/mol. The van der Waals surface area contributed by atoms with Crippen LogP contribution in [-0.2, 0) is 16.1 Å². The number of aromatic nitrogens is 3. The van der Waals surface area contributed by atoms with Crippen molar-refractivity contribution in [2.45, 2.75) is 18.6 Å². The van der Waals surface area contributed by atoms with E-state index in [2.05, 4.69) is 44.0 Å². The van der Waals surface area contributed by atoms with Gasteiger partial charge in [0.2, 0.25) is 11.9 Å². The maximum absolute atomic E-state index is 12.4. The molecule has 0 bridgehead atoms. The molecule has 1 aliphatic rings. The average Bonchev–Trinajstić information content (AvgIpc) is 3.22. The lowest BCUT2D eigenvalue weighted by Gasteiger charge is -2.27. The Balaban J connectivity index is 1.34. The van der Waals surface area contributed by atoms with Crippen molar-refractivity contribution in [1.29, 1.82) is 0 Å². The van der Waals surface area contributed by atoms with E-state index in [9.17, 15) is 4.79 Å². The zero-order valence-corrected chi connectivity index (χ0v) is 17.8. The number of thioether (sulfide) groups is 1. The third-order valence-electron chi connectivity index (χ3n) is 4.92. The summed E-state index contributed by atoms with van der Waals surface area (Å²) in [7, 11) is 0. The molecule has 1 saturated heterocycles. The zero-order valence-electron chi connectivity index (χ0n) is 17.0. The van der Waals surface area contributed by atoms with Gasteiger partial charge in [-0.15, -0.1) is 10.2 Å². The van der Waals surface area contributed by atoms with Crippen molar-refractivity contribution < 1.29 is 9.53 Å². The van der Waals surface area contributed by atoms with Gasteiger partial charge in [0.15, 0.2) is 5.16 Å². The van der Waals surface area contributed by atoms with Crippen molar-refractivity contribution >= 4 is 29.3 Å². The van der Waals surface area contributed by atoms with Gasteiger partial charge in [-0.2, -0.15) is 0 Å². The van der Waals surface area contributed by atoms with Gasteiger partial charge in [-0.1, -0.05) is 54.2 Å². The number of benzene rings is 2. The molecule has 156 valence electrons. The molecule has 1 amide bonds. The van der Waals surface area contributed by atoms with E-state index in [-0.39, 0.29) is 11.7 Å². The maximum Gasteiger partial charge on any atom is 0.234 e. The topological polar surface area (TPSA) is 72.3 Å². The fourth-order valence-electron chi connectivity index (χ4n) is 3.37. The smallest absolute Gasteiger partial charge is 0.234 e. The summed E-state index contributed by atoms with van der Waals surface area (Å²) < 4.78 is 7.47. The second-order valence-corrected chi connectivity index (χ2v) is 7.85. The van der Waals surface area contributed by atoms with Crippen LogP contribution in [0.4, 0.5) is 11.6 Å². The fourth-order valence-corrected chi connectivity index (χ4v) is 4.16. The van der Waals surface area contributed by atoms with Gasteiger partial charge in [-0.25, -0.2) is 0 Å². The summed E-state index contributed by atoms with van der Waals surface area (Å²) in [5.41, 5.74) is 3.06.